The van der Waals surface area contributed by atoms with Gasteiger partial charge >= 0.3 is 35.0 Å². The molecule has 15 heavy (non-hydrogen) atoms. The van der Waals surface area contributed by atoms with Crippen LogP contribution >= 0.6 is 0 Å². The Morgan fingerprint density at radius 1 is 1.20 bits per heavy atom. The second kappa shape index (κ2) is 7.18. The zero-order valence-corrected chi connectivity index (χ0v) is 9.05. The standard InChI is InChI=1S/C8H6O5.Mg.H2O.2H/c9-7(10)5-3-1-2-4-6(5)8(11)13-12;;;;/h1-4,12H,(H,9,10);;1H2;;/q;+2;;2*-1. The van der Waals surface area contributed by atoms with Crippen LogP contribution in [0.4, 0.5) is 0 Å². The molecule has 1 aromatic rings. The van der Waals surface area contributed by atoms with E-state index in [2.05, 4.69) is 4.89 Å². The molecule has 0 unspecified atom stereocenters. The van der Waals surface area contributed by atoms with Gasteiger partial charge in [0.15, 0.2) is 0 Å². The zero-order chi connectivity index (χ0) is 9.84. The molecule has 0 aliphatic rings. The molecule has 0 fully saturated rings. The van der Waals surface area contributed by atoms with Crippen molar-refractivity contribution in [1.29, 1.82) is 0 Å². The van der Waals surface area contributed by atoms with E-state index in [1.54, 1.807) is 0 Å². The summed E-state index contributed by atoms with van der Waals surface area (Å²) < 4.78 is 0. The molecule has 0 spiro atoms. The van der Waals surface area contributed by atoms with Crippen molar-refractivity contribution < 1.29 is 33.2 Å². The Morgan fingerprint density at radius 3 is 2.07 bits per heavy atom. The number of hydrogen-bond donors (Lipinski definition) is 2. The van der Waals surface area contributed by atoms with Gasteiger partial charge in [0.2, 0.25) is 0 Å². The van der Waals surface area contributed by atoms with Gasteiger partial charge in [0.05, 0.1) is 11.1 Å². The average molecular weight is 226 g/mol. The van der Waals surface area contributed by atoms with Crippen molar-refractivity contribution in [3.05, 3.63) is 35.4 Å². The zero-order valence-electron chi connectivity index (χ0n) is 9.64. The summed E-state index contributed by atoms with van der Waals surface area (Å²) in [5.41, 5.74) is -0.390. The number of carbonyl (C=O) groups is 2. The van der Waals surface area contributed by atoms with Crippen LogP contribution in [0.15, 0.2) is 24.3 Å². The minimum absolute atomic E-state index is 0. The quantitative estimate of drug-likeness (QED) is 0.419. The molecule has 0 aliphatic heterocycles. The van der Waals surface area contributed by atoms with Gasteiger partial charge in [-0.15, -0.1) is 0 Å². The van der Waals surface area contributed by atoms with Crippen LogP contribution in [-0.2, 0) is 4.89 Å². The molecule has 0 saturated carbocycles. The Labute approximate surface area is 104 Å². The summed E-state index contributed by atoms with van der Waals surface area (Å²) in [6.07, 6.45) is 0. The van der Waals surface area contributed by atoms with E-state index in [0.29, 0.717) is 0 Å². The fourth-order valence-corrected chi connectivity index (χ4v) is 0.897. The Hall–Kier alpha value is -1.15. The van der Waals surface area contributed by atoms with Gasteiger partial charge in [0, 0.05) is 0 Å². The van der Waals surface area contributed by atoms with Crippen molar-refractivity contribution in [3.8, 4) is 0 Å². The first-order valence-corrected chi connectivity index (χ1v) is 3.35. The molecule has 0 saturated heterocycles. The predicted octanol–water partition coefficient (Wildman–Crippen LogP) is 0.0341. The van der Waals surface area contributed by atoms with E-state index < -0.39 is 11.9 Å². The first kappa shape index (κ1) is 16.3. The predicted molar refractivity (Wildman–Crippen MR) is 53.0 cm³/mol. The summed E-state index contributed by atoms with van der Waals surface area (Å²) in [6, 6.07) is 5.44. The van der Waals surface area contributed by atoms with Crippen molar-refractivity contribution in [2.75, 3.05) is 0 Å². The molecule has 1 rings (SSSR count). The van der Waals surface area contributed by atoms with E-state index >= 15 is 0 Å². The normalized spacial score (nSPS) is 8.07. The molecule has 1 aromatic carbocycles. The van der Waals surface area contributed by atoms with Crippen LogP contribution in [0.3, 0.4) is 0 Å². The van der Waals surface area contributed by atoms with Gasteiger partial charge in [-0.3, -0.25) is 4.89 Å². The first-order chi connectivity index (χ1) is 6.16. The third-order valence-corrected chi connectivity index (χ3v) is 1.46. The Bertz CT molecular complexity index is 360. The maximum Gasteiger partial charge on any atom is 2.00 e. The van der Waals surface area contributed by atoms with Gasteiger partial charge < -0.3 is 13.4 Å². The number of benzene rings is 1. The van der Waals surface area contributed by atoms with Gasteiger partial charge in [0.1, 0.15) is 0 Å². The molecule has 0 amide bonds. The number of rotatable bonds is 2. The van der Waals surface area contributed by atoms with E-state index in [-0.39, 0.29) is 42.5 Å². The topological polar surface area (TPSA) is 115 Å². The van der Waals surface area contributed by atoms with Crippen LogP contribution in [0, 0.1) is 0 Å². The number of hydrogen-bond acceptors (Lipinski definition) is 4. The molecule has 0 radical (unpaired) electrons. The SMILES string of the molecule is O.O=C(O)c1ccccc1C(=O)OO.[H-].[H-].[Mg+2]. The van der Waals surface area contributed by atoms with Crippen molar-refractivity contribution in [1.82, 2.24) is 0 Å². The summed E-state index contributed by atoms with van der Waals surface area (Å²) in [5, 5.41) is 16.7. The molecular weight excluding hydrogens is 216 g/mol. The fraction of sp³-hybridized carbons (Fsp3) is 0. The van der Waals surface area contributed by atoms with E-state index in [9.17, 15) is 9.59 Å². The van der Waals surface area contributed by atoms with E-state index in [1.165, 1.54) is 24.3 Å². The van der Waals surface area contributed by atoms with Crippen LogP contribution in [0.1, 0.15) is 23.6 Å². The molecule has 0 aromatic heterocycles. The summed E-state index contributed by atoms with van der Waals surface area (Å²) in [4.78, 5) is 24.8. The molecule has 0 aliphatic carbocycles. The van der Waals surface area contributed by atoms with Crippen LogP contribution < -0.4 is 0 Å². The minimum atomic E-state index is -1.25. The van der Waals surface area contributed by atoms with E-state index in [0.717, 1.165) is 0 Å². The van der Waals surface area contributed by atoms with E-state index in [1.807, 2.05) is 0 Å². The van der Waals surface area contributed by atoms with Gasteiger partial charge in [-0.1, -0.05) is 12.1 Å². The minimum Gasteiger partial charge on any atom is -1.00 e. The van der Waals surface area contributed by atoms with Crippen LogP contribution in [-0.4, -0.2) is 50.8 Å². The molecule has 80 valence electrons. The van der Waals surface area contributed by atoms with Crippen LogP contribution in [0.2, 0.25) is 0 Å². The molecule has 0 atom stereocenters. The van der Waals surface area contributed by atoms with Gasteiger partial charge in [-0.25, -0.2) is 9.59 Å². The summed E-state index contributed by atoms with van der Waals surface area (Å²) in [5.74, 6) is -2.33. The summed E-state index contributed by atoms with van der Waals surface area (Å²) in [7, 11) is 0. The number of aromatic carboxylic acids is 1. The maximum atomic E-state index is 10.8. The Morgan fingerprint density at radius 2 is 1.67 bits per heavy atom. The number of carboxylic acids is 1. The molecule has 0 bridgehead atoms. The fourth-order valence-electron chi connectivity index (χ4n) is 0.897. The van der Waals surface area contributed by atoms with Crippen molar-refractivity contribution >= 4 is 35.0 Å². The van der Waals surface area contributed by atoms with Crippen molar-refractivity contribution in [2.45, 2.75) is 0 Å². The summed E-state index contributed by atoms with van der Waals surface area (Å²) >= 11 is 0. The molecule has 4 N–H and O–H groups in total. The monoisotopic (exact) mass is 226 g/mol. The Balaban J connectivity index is -0.000000211. The van der Waals surface area contributed by atoms with Crippen LogP contribution in [0.25, 0.3) is 0 Å². The second-order valence-corrected chi connectivity index (χ2v) is 2.23. The van der Waals surface area contributed by atoms with Gasteiger partial charge in [-0.2, -0.15) is 5.26 Å². The molecular formula is C8H10MgO6. The molecule has 0 heterocycles. The second-order valence-electron chi connectivity index (χ2n) is 2.23. The third-order valence-electron chi connectivity index (χ3n) is 1.46. The largest absolute Gasteiger partial charge is 2.00 e. The van der Waals surface area contributed by atoms with Gasteiger partial charge in [-0.05, 0) is 12.1 Å². The first-order valence-electron chi connectivity index (χ1n) is 3.35. The van der Waals surface area contributed by atoms with E-state index in [4.69, 9.17) is 10.4 Å². The maximum absolute atomic E-state index is 10.8. The molecule has 7 heteroatoms. The van der Waals surface area contributed by atoms with Crippen molar-refractivity contribution in [3.63, 3.8) is 0 Å². The smallest absolute Gasteiger partial charge is 1.00 e. The van der Waals surface area contributed by atoms with Crippen LogP contribution in [0.5, 0.6) is 0 Å². The number of carboxylic acid groups (broad SMARTS) is 1. The Kier molecular flexibility index (Phi) is 7.79. The van der Waals surface area contributed by atoms with Crippen molar-refractivity contribution in [2.24, 2.45) is 0 Å². The van der Waals surface area contributed by atoms with Gasteiger partial charge in [0.25, 0.3) is 0 Å². The summed E-state index contributed by atoms with van der Waals surface area (Å²) in [6.45, 7) is 0. The third kappa shape index (κ3) is 3.84. The number of carbonyl (C=O) groups excluding carboxylic acids is 1. The average Bonchev–Trinajstić information content (AvgIpc) is 2.16. The molecule has 6 nitrogen and oxygen atoms in total.